The highest BCUT2D eigenvalue weighted by Gasteiger charge is 2.35. The van der Waals surface area contributed by atoms with Crippen LogP contribution in [0.2, 0.25) is 0 Å². The minimum absolute atomic E-state index is 0.0310. The number of hydrogen-bond donors (Lipinski definition) is 0. The molecule has 2 fully saturated rings. The summed E-state index contributed by atoms with van der Waals surface area (Å²) in [4.78, 5) is 16.5. The Hall–Kier alpha value is -1.80. The van der Waals surface area contributed by atoms with Gasteiger partial charge in [-0.15, -0.1) is 0 Å². The van der Waals surface area contributed by atoms with Crippen LogP contribution >= 0.6 is 0 Å². The molecule has 1 saturated heterocycles. The van der Waals surface area contributed by atoms with Crippen LogP contribution < -0.4 is 9.47 Å². The zero-order chi connectivity index (χ0) is 19.6. The minimum Gasteiger partial charge on any atom is -0.497 e. The highest BCUT2D eigenvalue weighted by Crippen LogP contribution is 2.32. The molecular formula is C19H28N2O5S. The number of ether oxygens (including phenoxy) is 2. The average Bonchev–Trinajstić information content (AvgIpc) is 3.43. The molecule has 1 aromatic carbocycles. The van der Waals surface area contributed by atoms with E-state index in [1.807, 2.05) is 18.2 Å². The van der Waals surface area contributed by atoms with E-state index in [-0.39, 0.29) is 30.0 Å². The fourth-order valence-electron chi connectivity index (χ4n) is 3.52. The van der Waals surface area contributed by atoms with Crippen molar-refractivity contribution in [3.63, 3.8) is 0 Å². The number of carbonyl (C=O) groups is 1. The molecule has 0 N–H and O–H groups in total. The molecule has 1 aliphatic heterocycles. The smallest absolute Gasteiger partial charge is 0.236 e. The third kappa shape index (κ3) is 4.93. The molecule has 0 radical (unpaired) electrons. The topological polar surface area (TPSA) is 76.2 Å². The first kappa shape index (κ1) is 19.9. The molecule has 3 rings (SSSR count). The first-order valence-electron chi connectivity index (χ1n) is 9.24. The third-order valence-corrected chi connectivity index (χ3v) is 7.17. The SMILES string of the molecule is COc1ccc(CN(CC(=O)N(C)[C@H]2CCS(=O)(=O)C2)C2CC2)c(OC)c1. The molecule has 0 aromatic heterocycles. The lowest BCUT2D eigenvalue weighted by Crippen LogP contribution is -2.44. The summed E-state index contributed by atoms with van der Waals surface area (Å²) in [7, 11) is 1.95. The maximum atomic E-state index is 12.8. The first-order valence-corrected chi connectivity index (χ1v) is 11.1. The van der Waals surface area contributed by atoms with Crippen LogP contribution in [0.15, 0.2) is 18.2 Å². The minimum atomic E-state index is -3.01. The zero-order valence-corrected chi connectivity index (χ0v) is 17.0. The van der Waals surface area contributed by atoms with E-state index in [1.54, 1.807) is 26.2 Å². The number of likely N-dealkylation sites (N-methyl/N-ethyl adjacent to an activating group) is 1. The molecule has 1 aliphatic carbocycles. The van der Waals surface area contributed by atoms with Crippen molar-refractivity contribution in [1.82, 2.24) is 9.80 Å². The van der Waals surface area contributed by atoms with Gasteiger partial charge in [-0.3, -0.25) is 9.69 Å². The van der Waals surface area contributed by atoms with E-state index in [0.717, 1.165) is 29.9 Å². The maximum absolute atomic E-state index is 12.8. The molecule has 150 valence electrons. The van der Waals surface area contributed by atoms with Gasteiger partial charge in [-0.05, 0) is 25.3 Å². The number of amides is 1. The van der Waals surface area contributed by atoms with Crippen molar-refractivity contribution in [2.24, 2.45) is 0 Å². The van der Waals surface area contributed by atoms with Gasteiger partial charge in [0.15, 0.2) is 9.84 Å². The summed E-state index contributed by atoms with van der Waals surface area (Å²) < 4.78 is 34.1. The molecule has 1 saturated carbocycles. The highest BCUT2D eigenvalue weighted by molar-refractivity contribution is 7.91. The van der Waals surface area contributed by atoms with E-state index in [2.05, 4.69) is 4.90 Å². The lowest BCUT2D eigenvalue weighted by molar-refractivity contribution is -0.133. The molecule has 0 bridgehead atoms. The van der Waals surface area contributed by atoms with E-state index >= 15 is 0 Å². The summed E-state index contributed by atoms with van der Waals surface area (Å²) in [6.07, 6.45) is 2.68. The second-order valence-electron chi connectivity index (χ2n) is 7.38. The molecular weight excluding hydrogens is 368 g/mol. The number of rotatable bonds is 8. The Morgan fingerprint density at radius 3 is 2.44 bits per heavy atom. The normalized spacial score (nSPS) is 21.3. The van der Waals surface area contributed by atoms with Gasteiger partial charge >= 0.3 is 0 Å². The third-order valence-electron chi connectivity index (χ3n) is 5.42. The van der Waals surface area contributed by atoms with Crippen LogP contribution in [0, 0.1) is 0 Å². The van der Waals surface area contributed by atoms with E-state index in [4.69, 9.17) is 9.47 Å². The van der Waals surface area contributed by atoms with Crippen LogP contribution in [0.3, 0.4) is 0 Å². The summed E-state index contributed by atoms with van der Waals surface area (Å²) in [5, 5.41) is 0. The molecule has 7 nitrogen and oxygen atoms in total. The van der Waals surface area contributed by atoms with Crippen molar-refractivity contribution in [3.8, 4) is 11.5 Å². The molecule has 2 aliphatic rings. The van der Waals surface area contributed by atoms with Crippen LogP contribution in [0.4, 0.5) is 0 Å². The number of methoxy groups -OCH3 is 2. The Balaban J connectivity index is 1.67. The van der Waals surface area contributed by atoms with Crippen LogP contribution in [0.5, 0.6) is 11.5 Å². The molecule has 8 heteroatoms. The Morgan fingerprint density at radius 1 is 1.15 bits per heavy atom. The molecule has 0 unspecified atom stereocenters. The summed E-state index contributed by atoms with van der Waals surface area (Å²) in [5.74, 6) is 1.68. The Morgan fingerprint density at radius 2 is 1.89 bits per heavy atom. The van der Waals surface area contributed by atoms with Gasteiger partial charge < -0.3 is 14.4 Å². The predicted octanol–water partition coefficient (Wildman–Crippen LogP) is 1.31. The van der Waals surface area contributed by atoms with Crippen molar-refractivity contribution in [1.29, 1.82) is 0 Å². The van der Waals surface area contributed by atoms with E-state index in [1.165, 1.54) is 0 Å². The summed E-state index contributed by atoms with van der Waals surface area (Å²) >= 11 is 0. The number of nitrogens with zero attached hydrogens (tertiary/aromatic N) is 2. The highest BCUT2D eigenvalue weighted by atomic mass is 32.2. The molecule has 27 heavy (non-hydrogen) atoms. The van der Waals surface area contributed by atoms with Crippen molar-refractivity contribution in [2.75, 3.05) is 39.3 Å². The summed E-state index contributed by atoms with van der Waals surface area (Å²) in [6.45, 7) is 0.896. The van der Waals surface area contributed by atoms with E-state index < -0.39 is 9.84 Å². The van der Waals surface area contributed by atoms with Gasteiger partial charge in [0.2, 0.25) is 5.91 Å². The monoisotopic (exact) mass is 396 g/mol. The van der Waals surface area contributed by atoms with Crippen molar-refractivity contribution in [2.45, 2.75) is 37.9 Å². The maximum Gasteiger partial charge on any atom is 0.236 e. The van der Waals surface area contributed by atoms with Crippen LogP contribution in [0.1, 0.15) is 24.8 Å². The standard InChI is InChI=1S/C19H28N2O5S/c1-20(16-8-9-27(23,24)13-16)19(22)12-21(15-5-6-15)11-14-4-7-17(25-2)10-18(14)26-3/h4,7,10,15-16H,5-6,8-9,11-13H2,1-3H3/t16-/m0/s1. The molecule has 1 aromatic rings. The number of carbonyl (C=O) groups excluding carboxylic acids is 1. The summed E-state index contributed by atoms with van der Waals surface area (Å²) in [6, 6.07) is 5.88. The van der Waals surface area contributed by atoms with Crippen molar-refractivity contribution in [3.05, 3.63) is 23.8 Å². The van der Waals surface area contributed by atoms with Crippen molar-refractivity contribution < 1.29 is 22.7 Å². The second-order valence-corrected chi connectivity index (χ2v) is 9.60. The number of hydrogen-bond acceptors (Lipinski definition) is 6. The quantitative estimate of drug-likeness (QED) is 0.660. The lowest BCUT2D eigenvalue weighted by Gasteiger charge is -2.28. The average molecular weight is 397 g/mol. The Kier molecular flexibility index (Phi) is 5.95. The van der Waals surface area contributed by atoms with E-state index in [0.29, 0.717) is 19.0 Å². The van der Waals surface area contributed by atoms with Gasteiger partial charge in [0.05, 0.1) is 32.3 Å². The van der Waals surface area contributed by atoms with Gasteiger partial charge in [-0.25, -0.2) is 8.42 Å². The van der Waals surface area contributed by atoms with Gasteiger partial charge in [0, 0.05) is 37.3 Å². The lowest BCUT2D eigenvalue weighted by atomic mass is 10.1. The van der Waals surface area contributed by atoms with Gasteiger partial charge in [0.1, 0.15) is 11.5 Å². The van der Waals surface area contributed by atoms with E-state index in [9.17, 15) is 13.2 Å². The number of benzene rings is 1. The molecule has 1 amide bonds. The molecule has 0 spiro atoms. The Bertz CT molecular complexity index is 791. The summed E-state index contributed by atoms with van der Waals surface area (Å²) in [5.41, 5.74) is 1.00. The van der Waals surface area contributed by atoms with Crippen molar-refractivity contribution >= 4 is 15.7 Å². The second kappa shape index (κ2) is 8.06. The predicted molar refractivity (Wildman–Crippen MR) is 103 cm³/mol. The molecule has 1 heterocycles. The van der Waals surface area contributed by atoms with Gasteiger partial charge in [0.25, 0.3) is 0 Å². The number of sulfone groups is 1. The van der Waals surface area contributed by atoms with Crippen LogP contribution in [0.25, 0.3) is 0 Å². The fourth-order valence-corrected chi connectivity index (χ4v) is 5.30. The largest absolute Gasteiger partial charge is 0.497 e. The fraction of sp³-hybridized carbons (Fsp3) is 0.632. The Labute approximate surface area is 161 Å². The first-order chi connectivity index (χ1) is 12.8. The van der Waals surface area contributed by atoms with Gasteiger partial charge in [-0.1, -0.05) is 6.07 Å². The van der Waals surface area contributed by atoms with Gasteiger partial charge in [-0.2, -0.15) is 0 Å². The molecule has 1 atom stereocenters. The van der Waals surface area contributed by atoms with Crippen LogP contribution in [-0.4, -0.2) is 75.5 Å². The van der Waals surface area contributed by atoms with Crippen LogP contribution in [-0.2, 0) is 21.2 Å². The zero-order valence-electron chi connectivity index (χ0n) is 16.2.